The third-order valence-corrected chi connectivity index (χ3v) is 3.32. The van der Waals surface area contributed by atoms with E-state index in [4.69, 9.17) is 4.42 Å². The summed E-state index contributed by atoms with van der Waals surface area (Å²) in [4.78, 5) is 12.9. The standard InChI is InChI=1S/C15H15NO2S/c1-11-7-8-12(18-11)9-10-15(17)16-13-5-3-4-6-14(13)19-2/h3-10H,1-2H3,(H,16,17)/b10-9+. The van der Waals surface area contributed by atoms with Crippen molar-refractivity contribution in [3.8, 4) is 0 Å². The second-order valence-corrected chi connectivity index (χ2v) is 4.82. The second-order valence-electron chi connectivity index (χ2n) is 3.97. The molecule has 0 aliphatic heterocycles. The van der Waals surface area contributed by atoms with Crippen molar-refractivity contribution in [3.05, 3.63) is 54.0 Å². The fourth-order valence-corrected chi connectivity index (χ4v) is 2.18. The predicted octanol–water partition coefficient (Wildman–Crippen LogP) is 3.96. The summed E-state index contributed by atoms with van der Waals surface area (Å²) < 4.78 is 5.36. The Morgan fingerprint density at radius 1 is 1.26 bits per heavy atom. The Morgan fingerprint density at radius 3 is 2.74 bits per heavy atom. The van der Waals surface area contributed by atoms with Crippen LogP contribution in [0.15, 0.2) is 51.8 Å². The summed E-state index contributed by atoms with van der Waals surface area (Å²) in [7, 11) is 0. The van der Waals surface area contributed by atoms with E-state index in [1.54, 1.807) is 17.8 Å². The van der Waals surface area contributed by atoms with E-state index in [0.29, 0.717) is 5.76 Å². The fraction of sp³-hybridized carbons (Fsp3) is 0.133. The molecule has 1 amide bonds. The van der Waals surface area contributed by atoms with Crippen molar-refractivity contribution in [2.75, 3.05) is 11.6 Å². The molecule has 0 spiro atoms. The molecule has 2 rings (SSSR count). The maximum Gasteiger partial charge on any atom is 0.248 e. The lowest BCUT2D eigenvalue weighted by atomic mass is 10.3. The maximum absolute atomic E-state index is 11.8. The first-order valence-corrected chi connectivity index (χ1v) is 7.10. The van der Waals surface area contributed by atoms with Crippen LogP contribution >= 0.6 is 11.8 Å². The van der Waals surface area contributed by atoms with Crippen molar-refractivity contribution >= 4 is 29.4 Å². The molecular formula is C15H15NO2S. The molecule has 1 N–H and O–H groups in total. The van der Waals surface area contributed by atoms with Crippen molar-refractivity contribution in [3.63, 3.8) is 0 Å². The van der Waals surface area contributed by atoms with Crippen LogP contribution in [0, 0.1) is 6.92 Å². The Morgan fingerprint density at radius 2 is 2.05 bits per heavy atom. The summed E-state index contributed by atoms with van der Waals surface area (Å²) in [6, 6.07) is 11.4. The third kappa shape index (κ3) is 3.76. The number of benzene rings is 1. The minimum Gasteiger partial charge on any atom is -0.462 e. The highest BCUT2D eigenvalue weighted by Crippen LogP contribution is 2.24. The third-order valence-electron chi connectivity index (χ3n) is 2.52. The molecule has 3 nitrogen and oxygen atoms in total. The first kappa shape index (κ1) is 13.5. The van der Waals surface area contributed by atoms with Gasteiger partial charge in [0.05, 0.1) is 5.69 Å². The van der Waals surface area contributed by atoms with E-state index in [9.17, 15) is 4.79 Å². The van der Waals surface area contributed by atoms with Crippen LogP contribution in [0.4, 0.5) is 5.69 Å². The molecule has 2 aromatic rings. The van der Waals surface area contributed by atoms with E-state index >= 15 is 0 Å². The van der Waals surface area contributed by atoms with E-state index < -0.39 is 0 Å². The molecule has 0 saturated heterocycles. The molecule has 0 radical (unpaired) electrons. The summed E-state index contributed by atoms with van der Waals surface area (Å²) in [5.74, 6) is 1.33. The van der Waals surface area contributed by atoms with Crippen molar-refractivity contribution in [1.29, 1.82) is 0 Å². The molecule has 1 heterocycles. The minimum atomic E-state index is -0.171. The number of aryl methyl sites for hydroxylation is 1. The first-order chi connectivity index (χ1) is 9.19. The molecule has 1 aromatic heterocycles. The molecule has 0 saturated carbocycles. The number of anilines is 1. The molecule has 0 unspecified atom stereocenters. The van der Waals surface area contributed by atoms with Gasteiger partial charge >= 0.3 is 0 Å². The Kier molecular flexibility index (Phi) is 4.47. The minimum absolute atomic E-state index is 0.171. The lowest BCUT2D eigenvalue weighted by molar-refractivity contribution is -0.111. The Bertz CT molecular complexity index is 602. The van der Waals surface area contributed by atoms with Crippen LogP contribution in [-0.4, -0.2) is 12.2 Å². The van der Waals surface area contributed by atoms with Gasteiger partial charge in [-0.3, -0.25) is 4.79 Å². The highest BCUT2D eigenvalue weighted by atomic mass is 32.2. The molecule has 98 valence electrons. The van der Waals surface area contributed by atoms with Gasteiger partial charge in [0.2, 0.25) is 5.91 Å². The molecule has 0 fully saturated rings. The number of nitrogens with one attached hydrogen (secondary N) is 1. The van der Waals surface area contributed by atoms with E-state index in [0.717, 1.165) is 16.3 Å². The number of thioether (sulfide) groups is 1. The van der Waals surface area contributed by atoms with Gasteiger partial charge in [-0.25, -0.2) is 0 Å². The van der Waals surface area contributed by atoms with Gasteiger partial charge in [0.1, 0.15) is 11.5 Å². The van der Waals surface area contributed by atoms with Crippen LogP contribution in [0.3, 0.4) is 0 Å². The van der Waals surface area contributed by atoms with Crippen LogP contribution in [-0.2, 0) is 4.79 Å². The fourth-order valence-electron chi connectivity index (χ4n) is 1.62. The van der Waals surface area contributed by atoms with Gasteiger partial charge in [-0.1, -0.05) is 12.1 Å². The Hall–Kier alpha value is -1.94. The second kappa shape index (κ2) is 6.29. The van der Waals surface area contributed by atoms with Crippen LogP contribution in [0.5, 0.6) is 0 Å². The number of amides is 1. The molecular weight excluding hydrogens is 258 g/mol. The molecule has 0 aliphatic carbocycles. The number of furan rings is 1. The summed E-state index contributed by atoms with van der Waals surface area (Å²) in [6.45, 7) is 1.87. The molecule has 4 heteroatoms. The van der Waals surface area contributed by atoms with Gasteiger partial charge in [0.15, 0.2) is 0 Å². The highest BCUT2D eigenvalue weighted by molar-refractivity contribution is 7.98. The molecule has 1 aromatic carbocycles. The van der Waals surface area contributed by atoms with E-state index in [-0.39, 0.29) is 5.91 Å². The van der Waals surface area contributed by atoms with Crippen LogP contribution < -0.4 is 5.32 Å². The summed E-state index contributed by atoms with van der Waals surface area (Å²) in [6.07, 6.45) is 5.10. The van der Waals surface area contributed by atoms with Crippen LogP contribution in [0.1, 0.15) is 11.5 Å². The average molecular weight is 273 g/mol. The highest BCUT2D eigenvalue weighted by Gasteiger charge is 2.03. The number of rotatable bonds is 4. The largest absolute Gasteiger partial charge is 0.462 e. The van der Waals surface area contributed by atoms with Gasteiger partial charge < -0.3 is 9.73 Å². The van der Waals surface area contributed by atoms with Crippen LogP contribution in [0.25, 0.3) is 6.08 Å². The number of hydrogen-bond donors (Lipinski definition) is 1. The Labute approximate surface area is 116 Å². The molecule has 19 heavy (non-hydrogen) atoms. The van der Waals surface area contributed by atoms with Crippen molar-refractivity contribution in [1.82, 2.24) is 0 Å². The lowest BCUT2D eigenvalue weighted by Crippen LogP contribution is -2.08. The average Bonchev–Trinajstić information content (AvgIpc) is 2.83. The predicted molar refractivity (Wildman–Crippen MR) is 79.3 cm³/mol. The van der Waals surface area contributed by atoms with Gasteiger partial charge in [0, 0.05) is 11.0 Å². The Balaban J connectivity index is 2.03. The van der Waals surface area contributed by atoms with E-state index in [1.165, 1.54) is 6.08 Å². The summed E-state index contributed by atoms with van der Waals surface area (Å²) in [5.41, 5.74) is 0.820. The number of para-hydroxylation sites is 1. The number of carbonyl (C=O) groups excluding carboxylic acids is 1. The molecule has 0 aliphatic rings. The van der Waals surface area contributed by atoms with Crippen molar-refractivity contribution in [2.45, 2.75) is 11.8 Å². The van der Waals surface area contributed by atoms with Crippen molar-refractivity contribution in [2.24, 2.45) is 0 Å². The van der Waals surface area contributed by atoms with Gasteiger partial charge in [0.25, 0.3) is 0 Å². The van der Waals surface area contributed by atoms with E-state index in [1.807, 2.05) is 49.6 Å². The van der Waals surface area contributed by atoms with E-state index in [2.05, 4.69) is 5.32 Å². The van der Waals surface area contributed by atoms with Crippen molar-refractivity contribution < 1.29 is 9.21 Å². The topological polar surface area (TPSA) is 42.2 Å². The zero-order valence-electron chi connectivity index (χ0n) is 10.8. The maximum atomic E-state index is 11.8. The lowest BCUT2D eigenvalue weighted by Gasteiger charge is -2.06. The summed E-state index contributed by atoms with van der Waals surface area (Å²) >= 11 is 1.60. The van der Waals surface area contributed by atoms with Gasteiger partial charge in [-0.2, -0.15) is 0 Å². The SMILES string of the molecule is CSc1ccccc1NC(=O)/C=C/c1ccc(C)o1. The van der Waals surface area contributed by atoms with Gasteiger partial charge in [-0.05, 0) is 43.5 Å². The zero-order chi connectivity index (χ0) is 13.7. The normalized spacial score (nSPS) is 10.8. The molecule has 0 atom stereocenters. The van der Waals surface area contributed by atoms with Crippen LogP contribution in [0.2, 0.25) is 0 Å². The smallest absolute Gasteiger partial charge is 0.248 e. The van der Waals surface area contributed by atoms with Gasteiger partial charge in [-0.15, -0.1) is 11.8 Å². The summed E-state index contributed by atoms with van der Waals surface area (Å²) in [5, 5.41) is 2.85. The number of hydrogen-bond acceptors (Lipinski definition) is 3. The first-order valence-electron chi connectivity index (χ1n) is 5.87. The quantitative estimate of drug-likeness (QED) is 0.677. The monoisotopic (exact) mass is 273 g/mol. The number of carbonyl (C=O) groups is 1. The molecule has 0 bridgehead atoms. The zero-order valence-corrected chi connectivity index (χ0v) is 11.7.